The Hall–Kier alpha value is 0.310. The third-order valence-electron chi connectivity index (χ3n) is 9.96. The molecule has 3 fully saturated rings. The van der Waals surface area contributed by atoms with Crippen molar-refractivity contribution in [1.82, 2.24) is 0 Å². The molecule has 3 aliphatic rings. The van der Waals surface area contributed by atoms with Crippen molar-refractivity contribution < 1.29 is 0 Å². The molecule has 0 aliphatic heterocycles. The van der Waals surface area contributed by atoms with Gasteiger partial charge in [0.05, 0.1) is 0 Å². The first kappa shape index (κ1) is 20.1. The molecule has 2 heteroatoms. The van der Waals surface area contributed by atoms with Crippen LogP contribution in [0.25, 0.3) is 0 Å². The van der Waals surface area contributed by atoms with Crippen molar-refractivity contribution in [2.24, 2.45) is 46.2 Å². The molecule has 8 unspecified atom stereocenters. The topological polar surface area (TPSA) is 26.0 Å². The first-order valence-electron chi connectivity index (χ1n) is 11.2. The van der Waals surface area contributed by atoms with Crippen LogP contribution >= 0.6 is 12.6 Å². The highest BCUT2D eigenvalue weighted by molar-refractivity contribution is 7.81. The summed E-state index contributed by atoms with van der Waals surface area (Å²) in [6, 6.07) is 0. The molecule has 25 heavy (non-hydrogen) atoms. The number of thiol groups is 1. The van der Waals surface area contributed by atoms with Gasteiger partial charge in [-0.25, -0.2) is 0 Å². The van der Waals surface area contributed by atoms with Crippen LogP contribution in [0.1, 0.15) is 92.4 Å². The lowest BCUT2D eigenvalue weighted by atomic mass is 9.47. The fourth-order valence-electron chi connectivity index (χ4n) is 7.60. The van der Waals surface area contributed by atoms with E-state index in [1.807, 2.05) is 0 Å². The molecule has 0 heterocycles. The minimum absolute atomic E-state index is 0.194. The van der Waals surface area contributed by atoms with Gasteiger partial charge in [0, 0.05) is 4.75 Å². The lowest BCUT2D eigenvalue weighted by Crippen LogP contribution is -2.59. The van der Waals surface area contributed by atoms with Crippen LogP contribution in [0.4, 0.5) is 0 Å². The molecule has 0 aromatic carbocycles. The van der Waals surface area contributed by atoms with E-state index in [0.717, 1.165) is 36.1 Å². The highest BCUT2D eigenvalue weighted by Gasteiger charge is 2.62. The van der Waals surface area contributed by atoms with Crippen molar-refractivity contribution in [3.63, 3.8) is 0 Å². The van der Waals surface area contributed by atoms with Crippen molar-refractivity contribution in [1.29, 1.82) is 0 Å². The molecule has 2 N–H and O–H groups in total. The van der Waals surface area contributed by atoms with Crippen LogP contribution in [0.15, 0.2) is 0 Å². The van der Waals surface area contributed by atoms with Crippen LogP contribution in [0, 0.1) is 40.4 Å². The average molecular weight is 366 g/mol. The highest BCUT2D eigenvalue weighted by atomic mass is 32.1. The zero-order valence-electron chi connectivity index (χ0n) is 17.5. The van der Waals surface area contributed by atoms with Gasteiger partial charge in [0.2, 0.25) is 0 Å². The number of rotatable bonds is 4. The molecule has 3 aliphatic carbocycles. The van der Waals surface area contributed by atoms with Crippen molar-refractivity contribution in [2.45, 2.75) is 97.2 Å². The Morgan fingerprint density at radius 1 is 1.04 bits per heavy atom. The fourth-order valence-corrected chi connectivity index (χ4v) is 8.19. The average Bonchev–Trinajstić information content (AvgIpc) is 2.89. The predicted octanol–water partition coefficient (Wildman–Crippen LogP) is 6.32. The summed E-state index contributed by atoms with van der Waals surface area (Å²) in [6.45, 7) is 13.5. The van der Waals surface area contributed by atoms with E-state index < -0.39 is 0 Å². The van der Waals surface area contributed by atoms with Gasteiger partial charge < -0.3 is 5.73 Å². The Labute approximate surface area is 162 Å². The van der Waals surface area contributed by atoms with Gasteiger partial charge >= 0.3 is 0 Å². The van der Waals surface area contributed by atoms with Crippen LogP contribution in [0.5, 0.6) is 0 Å². The molecule has 0 aromatic rings. The second-order valence-electron chi connectivity index (χ2n) is 10.5. The van der Waals surface area contributed by atoms with Crippen molar-refractivity contribution in [2.75, 3.05) is 6.54 Å². The molecule has 0 amide bonds. The Morgan fingerprint density at radius 3 is 2.40 bits per heavy atom. The maximum absolute atomic E-state index is 6.07. The van der Waals surface area contributed by atoms with Crippen LogP contribution in [-0.2, 0) is 0 Å². The van der Waals surface area contributed by atoms with Gasteiger partial charge in [-0.3, -0.25) is 0 Å². The number of hydrogen-bond donors (Lipinski definition) is 2. The van der Waals surface area contributed by atoms with E-state index in [1.165, 1.54) is 57.8 Å². The molecule has 0 radical (unpaired) electrons. The summed E-state index contributed by atoms with van der Waals surface area (Å²) in [5, 5.41) is 0. The first-order valence-corrected chi connectivity index (χ1v) is 11.6. The van der Waals surface area contributed by atoms with E-state index in [1.54, 1.807) is 0 Å². The molecule has 0 saturated heterocycles. The molecule has 1 nitrogen and oxygen atoms in total. The Kier molecular flexibility index (Phi) is 5.65. The molecule has 0 bridgehead atoms. The third kappa shape index (κ3) is 2.93. The minimum atomic E-state index is 0.194. The summed E-state index contributed by atoms with van der Waals surface area (Å²) in [6.07, 6.45) is 12.2. The molecular formula is C23H43NS. The van der Waals surface area contributed by atoms with Gasteiger partial charge in [-0.05, 0) is 98.3 Å². The zero-order valence-corrected chi connectivity index (χ0v) is 18.4. The first-order chi connectivity index (χ1) is 11.7. The number of nitrogens with two attached hydrogens (primary N) is 1. The van der Waals surface area contributed by atoms with Crippen molar-refractivity contribution in [3.05, 3.63) is 0 Å². The van der Waals surface area contributed by atoms with Crippen LogP contribution in [-0.4, -0.2) is 11.3 Å². The summed E-state index contributed by atoms with van der Waals surface area (Å²) in [4.78, 5) is 0. The van der Waals surface area contributed by atoms with Crippen molar-refractivity contribution >= 4 is 12.6 Å². The molecule has 3 saturated carbocycles. The highest BCUT2D eigenvalue weighted by Crippen LogP contribution is 2.67. The van der Waals surface area contributed by atoms with Gasteiger partial charge in [0.25, 0.3) is 0 Å². The Morgan fingerprint density at radius 2 is 1.76 bits per heavy atom. The summed E-state index contributed by atoms with van der Waals surface area (Å²) in [5.74, 6) is 4.16. The number of hydrogen-bond acceptors (Lipinski definition) is 2. The predicted molar refractivity (Wildman–Crippen MR) is 113 cm³/mol. The molecule has 3 rings (SSSR count). The van der Waals surface area contributed by atoms with Crippen molar-refractivity contribution in [3.8, 4) is 0 Å². The van der Waals surface area contributed by atoms with Gasteiger partial charge in [-0.15, -0.1) is 0 Å². The summed E-state index contributed by atoms with van der Waals surface area (Å²) in [5.41, 5.74) is 6.99. The molecular weight excluding hydrogens is 322 g/mol. The second kappa shape index (κ2) is 7.04. The SMILES string of the molecule is CCC1CCC(C)(C2(S)CCC3(C)C(C)CCC3C2C)C(CCN)C1. The number of fused-ring (bicyclic) bond motifs is 1. The van der Waals surface area contributed by atoms with E-state index in [2.05, 4.69) is 34.6 Å². The van der Waals surface area contributed by atoms with Gasteiger partial charge in [0.15, 0.2) is 0 Å². The summed E-state index contributed by atoms with van der Waals surface area (Å²) >= 11 is 5.59. The lowest BCUT2D eigenvalue weighted by Gasteiger charge is -2.62. The molecule has 0 aromatic heterocycles. The maximum atomic E-state index is 6.07. The quantitative estimate of drug-likeness (QED) is 0.560. The second-order valence-corrected chi connectivity index (χ2v) is 11.3. The lowest BCUT2D eigenvalue weighted by molar-refractivity contribution is -0.0547. The Bertz CT molecular complexity index is 479. The third-order valence-corrected chi connectivity index (χ3v) is 11.1. The largest absolute Gasteiger partial charge is 0.330 e. The van der Waals surface area contributed by atoms with E-state index in [4.69, 9.17) is 18.4 Å². The van der Waals surface area contributed by atoms with Crippen LogP contribution in [0.2, 0.25) is 0 Å². The monoisotopic (exact) mass is 365 g/mol. The fraction of sp³-hybridized carbons (Fsp3) is 1.00. The van der Waals surface area contributed by atoms with Crippen LogP contribution in [0.3, 0.4) is 0 Å². The van der Waals surface area contributed by atoms with E-state index in [-0.39, 0.29) is 4.75 Å². The standard InChI is InChI=1S/C23H43NS/c1-6-18-9-11-22(5,19(15-18)10-14-24)23(25)13-12-21(4)16(2)7-8-20(21)17(23)3/h16-20,25H,6-15,24H2,1-5H3. The van der Waals surface area contributed by atoms with Gasteiger partial charge in [-0.2, -0.15) is 12.6 Å². The molecule has 8 atom stereocenters. The van der Waals surface area contributed by atoms with Gasteiger partial charge in [-0.1, -0.05) is 41.0 Å². The van der Waals surface area contributed by atoms with Crippen LogP contribution < -0.4 is 5.73 Å². The smallest absolute Gasteiger partial charge is 0.0214 e. The molecule has 146 valence electrons. The minimum Gasteiger partial charge on any atom is -0.330 e. The van der Waals surface area contributed by atoms with E-state index >= 15 is 0 Å². The zero-order chi connectivity index (χ0) is 18.5. The normalized spacial score (nSPS) is 53.6. The van der Waals surface area contributed by atoms with Gasteiger partial charge in [0.1, 0.15) is 0 Å². The Balaban J connectivity index is 1.90. The van der Waals surface area contributed by atoms with E-state index in [9.17, 15) is 0 Å². The maximum Gasteiger partial charge on any atom is 0.0214 e. The van der Waals surface area contributed by atoms with E-state index in [0.29, 0.717) is 10.8 Å². The molecule has 0 spiro atoms. The summed E-state index contributed by atoms with van der Waals surface area (Å²) < 4.78 is 0.194. The summed E-state index contributed by atoms with van der Waals surface area (Å²) in [7, 11) is 0.